The maximum absolute atomic E-state index is 5.36. The van der Waals surface area contributed by atoms with Gasteiger partial charge in [0.15, 0.2) is 0 Å². The minimum atomic E-state index is -0.192. The zero-order chi connectivity index (χ0) is 6.57. The number of rotatable bonds is 3. The molecule has 0 bridgehead atoms. The van der Waals surface area contributed by atoms with Crippen molar-refractivity contribution in [3.8, 4) is 0 Å². The first-order valence-corrected chi connectivity index (χ1v) is 2.84. The van der Waals surface area contributed by atoms with Crippen LogP contribution in [0.4, 0.5) is 0 Å². The molecule has 0 heterocycles. The van der Waals surface area contributed by atoms with Crippen LogP contribution < -0.4 is 16.8 Å². The van der Waals surface area contributed by atoms with Crippen LogP contribution in [0, 0.1) is 5.92 Å². The minimum absolute atomic E-state index is 0.192. The molecule has 0 aromatic rings. The second-order valence-corrected chi connectivity index (χ2v) is 2.11. The molecule has 0 aliphatic carbocycles. The highest BCUT2D eigenvalue weighted by Gasteiger charge is 2.04. The minimum Gasteiger partial charge on any atom is -0.319 e. The molecule has 0 saturated heterocycles. The largest absolute Gasteiger partial charge is 0.319 e. The van der Waals surface area contributed by atoms with Crippen molar-refractivity contribution in [3.05, 3.63) is 0 Å². The van der Waals surface area contributed by atoms with E-state index in [1.54, 1.807) is 0 Å². The summed E-state index contributed by atoms with van der Waals surface area (Å²) in [5.74, 6) is 0.361. The Labute approximate surface area is 50.4 Å². The van der Waals surface area contributed by atoms with Gasteiger partial charge < -0.3 is 16.8 Å². The third kappa shape index (κ3) is 2.96. The summed E-state index contributed by atoms with van der Waals surface area (Å²) in [6.45, 7) is 2.90. The van der Waals surface area contributed by atoms with E-state index in [0.29, 0.717) is 5.92 Å². The Kier molecular flexibility index (Phi) is 3.77. The molecular formula is C5H15N3. The summed E-state index contributed by atoms with van der Waals surface area (Å²) in [4.78, 5) is 0. The van der Waals surface area contributed by atoms with Crippen molar-refractivity contribution in [2.75, 3.05) is 13.6 Å². The van der Waals surface area contributed by atoms with E-state index < -0.39 is 0 Å². The van der Waals surface area contributed by atoms with Crippen LogP contribution in [-0.4, -0.2) is 19.8 Å². The highest BCUT2D eigenvalue weighted by molar-refractivity contribution is 4.62. The fourth-order valence-corrected chi connectivity index (χ4v) is 0.458. The van der Waals surface area contributed by atoms with Gasteiger partial charge in [0.05, 0.1) is 6.17 Å². The highest BCUT2D eigenvalue weighted by atomic mass is 14.9. The molecule has 0 amide bonds. The zero-order valence-electron chi connectivity index (χ0n) is 5.52. The Morgan fingerprint density at radius 3 is 2.12 bits per heavy atom. The van der Waals surface area contributed by atoms with E-state index in [0.717, 1.165) is 6.54 Å². The summed E-state index contributed by atoms with van der Waals surface area (Å²) in [6, 6.07) is 0. The quantitative estimate of drug-likeness (QED) is 0.419. The molecule has 3 heteroatoms. The number of nitrogens with two attached hydrogens (primary N) is 2. The van der Waals surface area contributed by atoms with E-state index in [4.69, 9.17) is 11.5 Å². The normalized spacial score (nSPS) is 14.6. The first kappa shape index (κ1) is 7.88. The van der Waals surface area contributed by atoms with Gasteiger partial charge in [-0.3, -0.25) is 0 Å². The molecule has 3 nitrogen and oxygen atoms in total. The van der Waals surface area contributed by atoms with Gasteiger partial charge in [0.2, 0.25) is 0 Å². The Bertz CT molecular complexity index is 53.6. The van der Waals surface area contributed by atoms with Crippen LogP contribution in [0.2, 0.25) is 0 Å². The Balaban J connectivity index is 3.17. The second kappa shape index (κ2) is 3.83. The predicted octanol–water partition coefficient (Wildman–Crippen LogP) is -0.915. The van der Waals surface area contributed by atoms with Crippen molar-refractivity contribution in [2.45, 2.75) is 13.1 Å². The van der Waals surface area contributed by atoms with Crippen LogP contribution in [0.15, 0.2) is 0 Å². The van der Waals surface area contributed by atoms with Crippen molar-refractivity contribution in [3.63, 3.8) is 0 Å². The summed E-state index contributed by atoms with van der Waals surface area (Å²) in [6.07, 6.45) is -0.192. The molecule has 0 rings (SSSR count). The molecule has 0 aromatic heterocycles. The fraction of sp³-hybridized carbons (Fsp3) is 1.00. The number of hydrogen-bond acceptors (Lipinski definition) is 3. The standard InChI is InChI=1S/C5H15N3/c1-4(3-8-2)5(6)7/h4-5,8H,3,6-7H2,1-2H3. The van der Waals surface area contributed by atoms with Gasteiger partial charge in [-0.05, 0) is 13.0 Å². The van der Waals surface area contributed by atoms with Crippen LogP contribution >= 0.6 is 0 Å². The first-order chi connectivity index (χ1) is 3.68. The van der Waals surface area contributed by atoms with E-state index in [-0.39, 0.29) is 6.17 Å². The Morgan fingerprint density at radius 2 is 2.00 bits per heavy atom. The van der Waals surface area contributed by atoms with Crippen molar-refractivity contribution in [1.82, 2.24) is 5.32 Å². The molecule has 5 N–H and O–H groups in total. The molecular weight excluding hydrogens is 102 g/mol. The third-order valence-electron chi connectivity index (χ3n) is 1.18. The van der Waals surface area contributed by atoms with Gasteiger partial charge in [0.25, 0.3) is 0 Å². The molecule has 8 heavy (non-hydrogen) atoms. The molecule has 0 radical (unpaired) electrons. The van der Waals surface area contributed by atoms with E-state index in [1.807, 2.05) is 14.0 Å². The van der Waals surface area contributed by atoms with Crippen molar-refractivity contribution in [2.24, 2.45) is 17.4 Å². The maximum atomic E-state index is 5.36. The van der Waals surface area contributed by atoms with Gasteiger partial charge in [-0.1, -0.05) is 6.92 Å². The van der Waals surface area contributed by atoms with Crippen molar-refractivity contribution < 1.29 is 0 Å². The zero-order valence-corrected chi connectivity index (χ0v) is 5.52. The van der Waals surface area contributed by atoms with Gasteiger partial charge in [-0.15, -0.1) is 0 Å². The average Bonchev–Trinajstić information content (AvgIpc) is 1.67. The van der Waals surface area contributed by atoms with Crippen LogP contribution in [0.3, 0.4) is 0 Å². The Morgan fingerprint density at radius 1 is 1.50 bits per heavy atom. The summed E-state index contributed by atoms with van der Waals surface area (Å²) in [7, 11) is 1.89. The lowest BCUT2D eigenvalue weighted by Crippen LogP contribution is -2.41. The molecule has 50 valence electrons. The van der Waals surface area contributed by atoms with Crippen LogP contribution in [0.5, 0.6) is 0 Å². The maximum Gasteiger partial charge on any atom is 0.0559 e. The van der Waals surface area contributed by atoms with Gasteiger partial charge in [-0.25, -0.2) is 0 Å². The molecule has 0 saturated carbocycles. The third-order valence-corrected chi connectivity index (χ3v) is 1.18. The van der Waals surface area contributed by atoms with Crippen molar-refractivity contribution in [1.29, 1.82) is 0 Å². The number of hydrogen-bond donors (Lipinski definition) is 3. The van der Waals surface area contributed by atoms with E-state index >= 15 is 0 Å². The van der Waals surface area contributed by atoms with Crippen LogP contribution in [0.1, 0.15) is 6.92 Å². The molecule has 1 atom stereocenters. The Hall–Kier alpha value is -0.120. The van der Waals surface area contributed by atoms with E-state index in [1.165, 1.54) is 0 Å². The monoisotopic (exact) mass is 117 g/mol. The topological polar surface area (TPSA) is 64.1 Å². The van der Waals surface area contributed by atoms with Gasteiger partial charge in [-0.2, -0.15) is 0 Å². The lowest BCUT2D eigenvalue weighted by molar-refractivity contribution is 0.448. The van der Waals surface area contributed by atoms with Crippen LogP contribution in [0.25, 0.3) is 0 Å². The molecule has 0 spiro atoms. The first-order valence-electron chi connectivity index (χ1n) is 2.84. The lowest BCUT2D eigenvalue weighted by Gasteiger charge is -2.13. The lowest BCUT2D eigenvalue weighted by atomic mass is 10.1. The molecule has 0 aliphatic heterocycles. The molecule has 0 fully saturated rings. The van der Waals surface area contributed by atoms with E-state index in [9.17, 15) is 0 Å². The predicted molar refractivity (Wildman–Crippen MR) is 35.3 cm³/mol. The summed E-state index contributed by atoms with van der Waals surface area (Å²) in [5, 5.41) is 2.99. The second-order valence-electron chi connectivity index (χ2n) is 2.11. The van der Waals surface area contributed by atoms with Crippen molar-refractivity contribution >= 4 is 0 Å². The summed E-state index contributed by atoms with van der Waals surface area (Å²) in [5.41, 5.74) is 10.7. The number of nitrogens with one attached hydrogen (secondary N) is 1. The van der Waals surface area contributed by atoms with Gasteiger partial charge in [0, 0.05) is 6.54 Å². The van der Waals surface area contributed by atoms with E-state index in [2.05, 4.69) is 5.32 Å². The molecule has 0 aliphatic rings. The summed E-state index contributed by atoms with van der Waals surface area (Å²) >= 11 is 0. The van der Waals surface area contributed by atoms with Crippen LogP contribution in [-0.2, 0) is 0 Å². The van der Waals surface area contributed by atoms with Gasteiger partial charge in [0.1, 0.15) is 0 Å². The molecule has 1 unspecified atom stereocenters. The highest BCUT2D eigenvalue weighted by Crippen LogP contribution is 1.90. The average molecular weight is 117 g/mol. The SMILES string of the molecule is CNCC(C)C(N)N. The smallest absolute Gasteiger partial charge is 0.0559 e. The molecule has 0 aromatic carbocycles. The van der Waals surface area contributed by atoms with Gasteiger partial charge >= 0.3 is 0 Å². The summed E-state index contributed by atoms with van der Waals surface area (Å²) < 4.78 is 0. The fourth-order valence-electron chi connectivity index (χ4n) is 0.458.